The number of likely N-dealkylation sites (tertiary alicyclic amines) is 1. The Morgan fingerprint density at radius 2 is 1.81 bits per heavy atom. The molecule has 0 aromatic heterocycles. The van der Waals surface area contributed by atoms with Crippen LogP contribution in [0.3, 0.4) is 0 Å². The molecule has 0 spiro atoms. The molecule has 2 unspecified atom stereocenters. The van der Waals surface area contributed by atoms with E-state index >= 15 is 0 Å². The summed E-state index contributed by atoms with van der Waals surface area (Å²) in [6, 6.07) is 6.80. The van der Waals surface area contributed by atoms with Gasteiger partial charge in [-0.15, -0.1) is 0 Å². The molecule has 9 heteroatoms. The third-order valence-electron chi connectivity index (χ3n) is 6.03. The third-order valence-corrected chi connectivity index (χ3v) is 6.34. The molecule has 1 fully saturated rings. The van der Waals surface area contributed by atoms with Gasteiger partial charge in [-0.1, -0.05) is 24.6 Å². The Kier molecular flexibility index (Phi) is 13.4. The quantitative estimate of drug-likeness (QED) is 0.343. The van der Waals surface area contributed by atoms with E-state index in [0.717, 1.165) is 37.6 Å². The first-order chi connectivity index (χ1) is 17.6. The lowest BCUT2D eigenvalue weighted by Crippen LogP contribution is -2.33. The van der Waals surface area contributed by atoms with E-state index in [4.69, 9.17) is 21.1 Å². The van der Waals surface area contributed by atoms with Crippen LogP contribution in [-0.2, 0) is 20.7 Å². The highest BCUT2D eigenvalue weighted by Crippen LogP contribution is 2.29. The first kappa shape index (κ1) is 31.1. The molecule has 0 bridgehead atoms. The highest BCUT2D eigenvalue weighted by Gasteiger charge is 2.22. The number of hydrogen-bond donors (Lipinski definition) is 1. The van der Waals surface area contributed by atoms with Gasteiger partial charge in [-0.05, 0) is 87.5 Å². The van der Waals surface area contributed by atoms with Crippen LogP contribution in [-0.4, -0.2) is 54.9 Å². The van der Waals surface area contributed by atoms with E-state index in [0.29, 0.717) is 18.5 Å². The standard InChI is InChI=1S/C21H31F2NO4.C7H6ClF/c1-3-20(28-14-16(25)13-24-9-5-6-10-24)18-11-15(22)12-19(23)17(18)7-8-21(26)27-4-2;1-5-2-3-6(8)7(9)4-5/h11-12,16,20,25H,3-10,13-14H2,1-2H3;2-4H,1H3. The van der Waals surface area contributed by atoms with Crippen LogP contribution in [0.15, 0.2) is 30.3 Å². The SMILES string of the molecule is CCOC(=O)CCc1c(F)cc(F)cc1C(CC)OCC(O)CN1CCCC1.Cc1ccc(Cl)c(F)c1. The number of nitrogens with zero attached hydrogens (tertiary/aromatic N) is 1. The molecular weight excluding hydrogens is 507 g/mol. The minimum absolute atomic E-state index is 0.0113. The summed E-state index contributed by atoms with van der Waals surface area (Å²) in [6.45, 7) is 8.20. The molecule has 1 N–H and O–H groups in total. The van der Waals surface area contributed by atoms with Gasteiger partial charge in [0.1, 0.15) is 17.5 Å². The number of β-amino-alcohol motifs (C(OH)–C–C–N with tert-alkyl or cyclic N) is 1. The molecule has 37 heavy (non-hydrogen) atoms. The summed E-state index contributed by atoms with van der Waals surface area (Å²) < 4.78 is 51.4. The van der Waals surface area contributed by atoms with Crippen LogP contribution in [0.2, 0.25) is 5.02 Å². The molecule has 206 valence electrons. The number of hydrogen-bond acceptors (Lipinski definition) is 5. The third kappa shape index (κ3) is 10.6. The maximum absolute atomic E-state index is 14.4. The van der Waals surface area contributed by atoms with E-state index in [1.54, 1.807) is 19.1 Å². The zero-order chi connectivity index (χ0) is 27.4. The van der Waals surface area contributed by atoms with Crippen molar-refractivity contribution in [1.82, 2.24) is 4.90 Å². The van der Waals surface area contributed by atoms with Crippen molar-refractivity contribution in [3.63, 3.8) is 0 Å². The van der Waals surface area contributed by atoms with Gasteiger partial charge in [0.05, 0.1) is 30.4 Å². The fourth-order valence-electron chi connectivity index (χ4n) is 4.21. The average Bonchev–Trinajstić information content (AvgIpc) is 3.35. The number of esters is 1. The Balaban J connectivity index is 0.000000449. The number of aliphatic hydroxyl groups excluding tert-OH is 1. The number of benzene rings is 2. The van der Waals surface area contributed by atoms with E-state index in [9.17, 15) is 23.1 Å². The van der Waals surface area contributed by atoms with Crippen molar-refractivity contribution >= 4 is 17.6 Å². The van der Waals surface area contributed by atoms with Crippen LogP contribution in [0.5, 0.6) is 0 Å². The zero-order valence-corrected chi connectivity index (χ0v) is 22.5. The van der Waals surface area contributed by atoms with Gasteiger partial charge in [0, 0.05) is 19.0 Å². The summed E-state index contributed by atoms with van der Waals surface area (Å²) in [6.07, 6.45) is 1.67. The molecule has 1 aliphatic heterocycles. The van der Waals surface area contributed by atoms with Crippen molar-refractivity contribution in [2.45, 2.75) is 65.1 Å². The lowest BCUT2D eigenvalue weighted by atomic mass is 9.96. The number of rotatable bonds is 11. The Morgan fingerprint density at radius 1 is 1.11 bits per heavy atom. The average molecular weight is 544 g/mol. The maximum Gasteiger partial charge on any atom is 0.306 e. The first-order valence-corrected chi connectivity index (χ1v) is 13.1. The maximum atomic E-state index is 14.4. The van der Waals surface area contributed by atoms with E-state index in [1.165, 1.54) is 12.1 Å². The van der Waals surface area contributed by atoms with E-state index in [-0.39, 0.29) is 42.5 Å². The van der Waals surface area contributed by atoms with Gasteiger partial charge in [-0.3, -0.25) is 4.79 Å². The number of aliphatic hydroxyl groups is 1. The van der Waals surface area contributed by atoms with Gasteiger partial charge in [-0.25, -0.2) is 13.2 Å². The molecular formula is C28H37ClF3NO4. The molecule has 1 heterocycles. The molecule has 3 rings (SSSR count). The van der Waals surface area contributed by atoms with E-state index in [2.05, 4.69) is 4.90 Å². The summed E-state index contributed by atoms with van der Waals surface area (Å²) in [4.78, 5) is 13.8. The van der Waals surface area contributed by atoms with Crippen LogP contribution < -0.4 is 0 Å². The minimum Gasteiger partial charge on any atom is -0.466 e. The van der Waals surface area contributed by atoms with Gasteiger partial charge < -0.3 is 19.5 Å². The van der Waals surface area contributed by atoms with Crippen LogP contribution in [0.4, 0.5) is 13.2 Å². The lowest BCUT2D eigenvalue weighted by molar-refractivity contribution is -0.143. The summed E-state index contributed by atoms with van der Waals surface area (Å²) in [5, 5.41) is 10.4. The minimum atomic E-state index is -0.695. The van der Waals surface area contributed by atoms with E-state index in [1.807, 2.05) is 13.8 Å². The molecule has 0 radical (unpaired) electrons. The monoisotopic (exact) mass is 543 g/mol. The van der Waals surface area contributed by atoms with Crippen molar-refractivity contribution in [3.05, 3.63) is 69.5 Å². The predicted octanol–water partition coefficient (Wildman–Crippen LogP) is 6.17. The van der Waals surface area contributed by atoms with Crippen molar-refractivity contribution in [2.24, 2.45) is 0 Å². The van der Waals surface area contributed by atoms with Crippen LogP contribution in [0, 0.1) is 24.4 Å². The second kappa shape index (κ2) is 16.0. The number of ether oxygens (including phenoxy) is 2. The van der Waals surface area contributed by atoms with Gasteiger partial charge in [0.2, 0.25) is 0 Å². The molecule has 0 amide bonds. The molecule has 0 saturated carbocycles. The summed E-state index contributed by atoms with van der Waals surface area (Å²) in [5.74, 6) is -2.16. The van der Waals surface area contributed by atoms with Crippen molar-refractivity contribution in [2.75, 3.05) is 32.8 Å². The largest absolute Gasteiger partial charge is 0.466 e. The van der Waals surface area contributed by atoms with Crippen molar-refractivity contribution < 1.29 is 32.5 Å². The number of carbonyl (C=O) groups excluding carboxylic acids is 1. The Labute approximate surface area is 222 Å². The van der Waals surface area contributed by atoms with Gasteiger partial charge in [0.25, 0.3) is 0 Å². The summed E-state index contributed by atoms with van der Waals surface area (Å²) in [7, 11) is 0. The normalized spacial score (nSPS) is 15.1. The van der Waals surface area contributed by atoms with Gasteiger partial charge >= 0.3 is 5.97 Å². The molecule has 2 aromatic carbocycles. The fraction of sp³-hybridized carbons (Fsp3) is 0.536. The van der Waals surface area contributed by atoms with Crippen molar-refractivity contribution in [1.29, 1.82) is 0 Å². The molecule has 0 aliphatic carbocycles. The predicted molar refractivity (Wildman–Crippen MR) is 138 cm³/mol. The highest BCUT2D eigenvalue weighted by atomic mass is 35.5. The second-order valence-corrected chi connectivity index (χ2v) is 9.48. The Bertz CT molecular complexity index is 1000. The van der Waals surface area contributed by atoms with E-state index < -0.39 is 29.8 Å². The smallest absolute Gasteiger partial charge is 0.306 e. The molecule has 1 aliphatic rings. The van der Waals surface area contributed by atoms with Crippen LogP contribution in [0.25, 0.3) is 0 Å². The second-order valence-electron chi connectivity index (χ2n) is 9.07. The number of carbonyl (C=O) groups is 1. The zero-order valence-electron chi connectivity index (χ0n) is 21.7. The molecule has 5 nitrogen and oxygen atoms in total. The Morgan fingerprint density at radius 3 is 2.41 bits per heavy atom. The lowest BCUT2D eigenvalue weighted by Gasteiger charge is -2.24. The van der Waals surface area contributed by atoms with Crippen LogP contribution >= 0.6 is 11.6 Å². The summed E-state index contributed by atoms with van der Waals surface area (Å²) >= 11 is 5.41. The van der Waals surface area contributed by atoms with Gasteiger partial charge in [-0.2, -0.15) is 0 Å². The van der Waals surface area contributed by atoms with Crippen molar-refractivity contribution in [3.8, 4) is 0 Å². The Hall–Kier alpha value is -2.13. The highest BCUT2D eigenvalue weighted by molar-refractivity contribution is 6.30. The first-order valence-electron chi connectivity index (χ1n) is 12.7. The molecule has 2 aromatic rings. The summed E-state index contributed by atoms with van der Waals surface area (Å²) in [5.41, 5.74) is 1.53. The molecule has 1 saturated heterocycles. The number of halogens is 4. The molecule has 2 atom stereocenters. The fourth-order valence-corrected chi connectivity index (χ4v) is 4.32. The topological polar surface area (TPSA) is 59.0 Å². The van der Waals surface area contributed by atoms with Gasteiger partial charge in [0.15, 0.2) is 0 Å². The number of aryl methyl sites for hydroxylation is 1. The van der Waals surface area contributed by atoms with Crippen LogP contribution in [0.1, 0.15) is 62.3 Å².